The van der Waals surface area contributed by atoms with Gasteiger partial charge in [-0.3, -0.25) is 4.98 Å². The third kappa shape index (κ3) is 6.40. The number of halogens is 7. The Hall–Kier alpha value is -3.27. The van der Waals surface area contributed by atoms with Gasteiger partial charge in [0.1, 0.15) is 5.54 Å². The molecule has 2 amide bonds. The van der Waals surface area contributed by atoms with E-state index in [1.807, 2.05) is 0 Å². The Kier molecular flexibility index (Phi) is 7.92. The first-order valence-electron chi connectivity index (χ1n) is 11.9. The Morgan fingerprint density at radius 3 is 1.97 bits per heavy atom. The fourth-order valence-electron chi connectivity index (χ4n) is 4.74. The van der Waals surface area contributed by atoms with Crippen LogP contribution in [0.25, 0.3) is 0 Å². The van der Waals surface area contributed by atoms with Gasteiger partial charge in [0, 0.05) is 18.7 Å². The van der Waals surface area contributed by atoms with E-state index >= 15 is 0 Å². The van der Waals surface area contributed by atoms with Gasteiger partial charge in [0.2, 0.25) is 0 Å². The number of benzene rings is 2. The fourth-order valence-corrected chi connectivity index (χ4v) is 4.85. The molecule has 0 saturated heterocycles. The number of alkyl halides is 6. The van der Waals surface area contributed by atoms with E-state index < -0.39 is 40.6 Å². The Bertz CT molecular complexity index is 1230. The summed E-state index contributed by atoms with van der Waals surface area (Å²) >= 11 is 6.00. The van der Waals surface area contributed by atoms with Gasteiger partial charge in [-0.25, -0.2) is 4.79 Å². The monoisotopic (exact) mass is 555 g/mol. The summed E-state index contributed by atoms with van der Waals surface area (Å²) in [6.07, 6.45) is -5.85. The van der Waals surface area contributed by atoms with Crippen molar-refractivity contribution in [3.05, 3.63) is 99.8 Å². The molecule has 11 heteroatoms. The molecule has 3 aromatic rings. The van der Waals surface area contributed by atoms with Crippen molar-refractivity contribution in [1.82, 2.24) is 15.6 Å². The van der Waals surface area contributed by atoms with Crippen LogP contribution in [0.2, 0.25) is 5.02 Å². The van der Waals surface area contributed by atoms with E-state index in [0.717, 1.165) is 25.7 Å². The zero-order chi connectivity index (χ0) is 27.6. The van der Waals surface area contributed by atoms with Crippen molar-refractivity contribution in [2.45, 2.75) is 56.0 Å². The minimum Gasteiger partial charge on any atom is -0.335 e. The highest BCUT2D eigenvalue weighted by Gasteiger charge is 2.43. The molecule has 0 bridgehead atoms. The predicted molar refractivity (Wildman–Crippen MR) is 131 cm³/mol. The van der Waals surface area contributed by atoms with Crippen molar-refractivity contribution in [1.29, 1.82) is 0 Å². The van der Waals surface area contributed by atoms with E-state index in [1.54, 1.807) is 30.3 Å². The number of pyridine rings is 1. The first-order chi connectivity index (χ1) is 17.9. The quantitative estimate of drug-likeness (QED) is 0.309. The van der Waals surface area contributed by atoms with Crippen LogP contribution in [0.1, 0.15) is 53.6 Å². The zero-order valence-corrected chi connectivity index (χ0v) is 20.7. The van der Waals surface area contributed by atoms with Gasteiger partial charge in [0.25, 0.3) is 0 Å². The lowest BCUT2D eigenvalue weighted by Crippen LogP contribution is -2.54. The van der Waals surface area contributed by atoms with Crippen LogP contribution in [0.4, 0.5) is 31.1 Å². The molecule has 4 rings (SSSR count). The van der Waals surface area contributed by atoms with Gasteiger partial charge in [-0.1, -0.05) is 54.8 Å². The van der Waals surface area contributed by atoms with E-state index in [-0.39, 0.29) is 29.2 Å². The van der Waals surface area contributed by atoms with Crippen molar-refractivity contribution in [2.24, 2.45) is 0 Å². The number of amides is 2. The molecule has 2 aromatic carbocycles. The molecule has 1 aliphatic carbocycles. The van der Waals surface area contributed by atoms with Crippen LogP contribution < -0.4 is 10.6 Å². The highest BCUT2D eigenvalue weighted by Crippen LogP contribution is 2.41. The maximum absolute atomic E-state index is 13.8. The molecule has 1 saturated carbocycles. The smallest absolute Gasteiger partial charge is 0.335 e. The van der Waals surface area contributed by atoms with E-state index in [1.165, 1.54) is 18.3 Å². The number of nitrogens with zero attached hydrogens (tertiary/aromatic N) is 1. The average Bonchev–Trinajstić information content (AvgIpc) is 3.36. The molecule has 1 fully saturated rings. The molecular weight excluding hydrogens is 532 g/mol. The van der Waals surface area contributed by atoms with Gasteiger partial charge in [-0.15, -0.1) is 0 Å². The number of aromatic nitrogens is 1. The summed E-state index contributed by atoms with van der Waals surface area (Å²) in [5.74, 6) is 0. The van der Waals surface area contributed by atoms with Gasteiger partial charge >= 0.3 is 18.4 Å². The number of rotatable bonds is 6. The number of hydrogen-bond donors (Lipinski definition) is 2. The van der Waals surface area contributed by atoms with E-state index in [9.17, 15) is 31.1 Å². The summed E-state index contributed by atoms with van der Waals surface area (Å²) in [6, 6.07) is 11.6. The lowest BCUT2D eigenvalue weighted by atomic mass is 9.79. The highest BCUT2D eigenvalue weighted by molar-refractivity contribution is 6.30. The normalized spacial score (nSPS) is 16.2. The number of carbonyl (C=O) groups excluding carboxylic acids is 1. The maximum Gasteiger partial charge on any atom is 0.416 e. The van der Waals surface area contributed by atoms with Crippen molar-refractivity contribution < 1.29 is 31.1 Å². The first-order valence-corrected chi connectivity index (χ1v) is 12.3. The summed E-state index contributed by atoms with van der Waals surface area (Å²) in [6.45, 7) is 0. The van der Waals surface area contributed by atoms with E-state index in [4.69, 9.17) is 11.6 Å². The molecule has 202 valence electrons. The number of hydrogen-bond acceptors (Lipinski definition) is 2. The van der Waals surface area contributed by atoms with Gasteiger partial charge in [-0.2, -0.15) is 26.3 Å². The van der Waals surface area contributed by atoms with Crippen LogP contribution in [0.3, 0.4) is 0 Å². The fraction of sp³-hybridized carbons (Fsp3) is 0.333. The van der Waals surface area contributed by atoms with Gasteiger partial charge in [0.15, 0.2) is 0 Å². The van der Waals surface area contributed by atoms with Gasteiger partial charge in [0.05, 0.1) is 21.8 Å². The number of nitrogens with one attached hydrogen (secondary N) is 2. The standard InChI is InChI=1S/C27H24ClF6N3O/c28-21-10-11-23(35-16-21)25(15-17-6-2-1-3-7-17,37-24(38)36-22-8-4-5-9-22)18-12-19(26(29,30)31)14-20(13-18)27(32,33)34/h1-3,6-7,10-14,16,22H,4-5,8-9,15H2,(H2,36,37,38). The molecule has 0 spiro atoms. The first kappa shape index (κ1) is 27.8. The zero-order valence-electron chi connectivity index (χ0n) is 20.0. The minimum atomic E-state index is -5.08. The molecule has 38 heavy (non-hydrogen) atoms. The molecule has 0 radical (unpaired) electrons. The predicted octanol–water partition coefficient (Wildman–Crippen LogP) is 7.50. The van der Waals surface area contributed by atoms with E-state index in [2.05, 4.69) is 15.6 Å². The Balaban J connectivity index is 1.96. The Morgan fingerprint density at radius 1 is 0.868 bits per heavy atom. The highest BCUT2D eigenvalue weighted by atomic mass is 35.5. The second-order valence-electron chi connectivity index (χ2n) is 9.30. The van der Waals surface area contributed by atoms with Crippen molar-refractivity contribution in [3.63, 3.8) is 0 Å². The molecule has 1 atom stereocenters. The lowest BCUT2D eigenvalue weighted by molar-refractivity contribution is -0.143. The van der Waals surface area contributed by atoms with Gasteiger partial charge in [-0.05, 0) is 54.3 Å². The van der Waals surface area contributed by atoms with Crippen LogP contribution in [0.15, 0.2) is 66.9 Å². The van der Waals surface area contributed by atoms with Crippen LogP contribution in [-0.4, -0.2) is 17.1 Å². The SMILES string of the molecule is O=C(NC1CCCC1)NC(Cc1ccccc1)(c1cc(C(F)(F)F)cc(C(F)(F)F)c1)c1ccc(Cl)cn1. The largest absolute Gasteiger partial charge is 0.416 e. The average molecular weight is 556 g/mol. The maximum atomic E-state index is 13.8. The number of carbonyl (C=O) groups is 1. The summed E-state index contributed by atoms with van der Waals surface area (Å²) in [4.78, 5) is 17.5. The molecule has 1 unspecified atom stereocenters. The number of urea groups is 1. The molecule has 4 nitrogen and oxygen atoms in total. The second-order valence-corrected chi connectivity index (χ2v) is 9.74. The molecule has 1 heterocycles. The molecule has 0 aliphatic heterocycles. The van der Waals surface area contributed by atoms with Gasteiger partial charge < -0.3 is 10.6 Å². The van der Waals surface area contributed by atoms with Crippen molar-refractivity contribution in [2.75, 3.05) is 0 Å². The molecule has 2 N–H and O–H groups in total. The van der Waals surface area contributed by atoms with Crippen LogP contribution >= 0.6 is 11.6 Å². The van der Waals surface area contributed by atoms with Crippen LogP contribution in [0.5, 0.6) is 0 Å². The third-order valence-corrected chi connectivity index (χ3v) is 6.80. The van der Waals surface area contributed by atoms with Crippen LogP contribution in [-0.2, 0) is 24.3 Å². The summed E-state index contributed by atoms with van der Waals surface area (Å²) in [5.41, 5.74) is -4.73. The topological polar surface area (TPSA) is 54.0 Å². The molecule has 1 aromatic heterocycles. The minimum absolute atomic E-state index is 0.0276. The Labute approximate surface area is 220 Å². The summed E-state index contributed by atoms with van der Waals surface area (Å²) in [7, 11) is 0. The summed E-state index contributed by atoms with van der Waals surface area (Å²) < 4.78 is 83.0. The van der Waals surface area contributed by atoms with Crippen LogP contribution in [0, 0.1) is 0 Å². The lowest BCUT2D eigenvalue weighted by Gasteiger charge is -2.36. The third-order valence-electron chi connectivity index (χ3n) is 6.57. The molecular formula is C27H24ClF6N3O. The molecule has 1 aliphatic rings. The second kappa shape index (κ2) is 10.8. The van der Waals surface area contributed by atoms with E-state index in [0.29, 0.717) is 17.7 Å². The summed E-state index contributed by atoms with van der Waals surface area (Å²) in [5, 5.41) is 5.74. The Morgan fingerprint density at radius 2 is 1.45 bits per heavy atom. The van der Waals surface area contributed by atoms with Crippen molar-refractivity contribution >= 4 is 17.6 Å². The van der Waals surface area contributed by atoms with Crippen molar-refractivity contribution in [3.8, 4) is 0 Å².